The summed E-state index contributed by atoms with van der Waals surface area (Å²) in [5, 5.41) is 0. The predicted molar refractivity (Wildman–Crippen MR) is 99.2 cm³/mol. The number of hydrogen-bond donors (Lipinski definition) is 0. The zero-order chi connectivity index (χ0) is 18.3. The molecule has 0 N–H and O–H groups in total. The lowest BCUT2D eigenvalue weighted by molar-refractivity contribution is 0.0786. The number of amides is 1. The van der Waals surface area contributed by atoms with Gasteiger partial charge in [-0.15, -0.1) is 0 Å². The molecule has 3 heterocycles. The largest absolute Gasteiger partial charge is 0.361 e. The Hall–Kier alpha value is -2.89. The Bertz CT molecular complexity index is 965. The van der Waals surface area contributed by atoms with Crippen molar-refractivity contribution in [2.24, 2.45) is 0 Å². The van der Waals surface area contributed by atoms with Crippen LogP contribution in [0.2, 0.25) is 0 Å². The standard InChI is InChI=1S/C20H21FN4O/c1-23(2)19-18-8-5-10-24(18)13-17(22-19)14-9-11-25(12-14)20(26)15-6-3-4-7-16(15)21/h3-8,10,13-14H,9,11-12H2,1-2H3/t14-/m1/s1. The fourth-order valence-electron chi connectivity index (χ4n) is 3.56. The van der Waals surface area contributed by atoms with Crippen LogP contribution in [0, 0.1) is 5.82 Å². The van der Waals surface area contributed by atoms with Crippen molar-refractivity contribution in [3.63, 3.8) is 0 Å². The van der Waals surface area contributed by atoms with Gasteiger partial charge in [0, 0.05) is 45.5 Å². The zero-order valence-electron chi connectivity index (χ0n) is 14.9. The maximum absolute atomic E-state index is 13.9. The molecule has 0 spiro atoms. The molecule has 1 aliphatic rings. The minimum absolute atomic E-state index is 0.135. The van der Waals surface area contributed by atoms with Crippen LogP contribution in [-0.4, -0.2) is 47.4 Å². The van der Waals surface area contributed by atoms with E-state index in [1.54, 1.807) is 23.1 Å². The summed E-state index contributed by atoms with van der Waals surface area (Å²) in [7, 11) is 3.95. The molecule has 2 aromatic heterocycles. The number of likely N-dealkylation sites (tertiary alicyclic amines) is 1. The van der Waals surface area contributed by atoms with E-state index in [1.165, 1.54) is 6.07 Å². The monoisotopic (exact) mass is 352 g/mol. The molecular weight excluding hydrogens is 331 g/mol. The third-order valence-electron chi connectivity index (χ3n) is 4.94. The lowest BCUT2D eigenvalue weighted by Crippen LogP contribution is -2.29. The Kier molecular flexibility index (Phi) is 4.11. The van der Waals surface area contributed by atoms with Crippen molar-refractivity contribution >= 4 is 17.2 Å². The van der Waals surface area contributed by atoms with Crippen molar-refractivity contribution in [1.29, 1.82) is 0 Å². The number of aromatic nitrogens is 2. The Balaban J connectivity index is 1.60. The topological polar surface area (TPSA) is 40.9 Å². The number of benzene rings is 1. The van der Waals surface area contributed by atoms with Crippen LogP contribution in [-0.2, 0) is 0 Å². The lowest BCUT2D eigenvalue weighted by Gasteiger charge is -2.19. The summed E-state index contributed by atoms with van der Waals surface area (Å²) in [6, 6.07) is 10.2. The van der Waals surface area contributed by atoms with Crippen molar-refractivity contribution in [3.05, 3.63) is 65.9 Å². The first-order chi connectivity index (χ1) is 12.5. The summed E-state index contributed by atoms with van der Waals surface area (Å²) < 4.78 is 16.0. The molecule has 1 aliphatic heterocycles. The highest BCUT2D eigenvalue weighted by molar-refractivity contribution is 5.94. The van der Waals surface area contributed by atoms with Crippen LogP contribution in [0.4, 0.5) is 10.2 Å². The van der Waals surface area contributed by atoms with Gasteiger partial charge in [0.2, 0.25) is 0 Å². The van der Waals surface area contributed by atoms with E-state index in [9.17, 15) is 9.18 Å². The van der Waals surface area contributed by atoms with Gasteiger partial charge in [-0.3, -0.25) is 4.79 Å². The summed E-state index contributed by atoms with van der Waals surface area (Å²) in [4.78, 5) is 21.2. The molecule has 1 aromatic carbocycles. The number of carbonyl (C=O) groups excluding carboxylic acids is 1. The number of fused-ring (bicyclic) bond motifs is 1. The molecule has 0 radical (unpaired) electrons. The molecule has 1 atom stereocenters. The average molecular weight is 352 g/mol. The van der Waals surface area contributed by atoms with Crippen molar-refractivity contribution in [2.75, 3.05) is 32.1 Å². The minimum Gasteiger partial charge on any atom is -0.361 e. The summed E-state index contributed by atoms with van der Waals surface area (Å²) in [5.74, 6) is 0.339. The van der Waals surface area contributed by atoms with Gasteiger partial charge in [-0.1, -0.05) is 12.1 Å². The second kappa shape index (κ2) is 6.44. The van der Waals surface area contributed by atoms with Crippen molar-refractivity contribution in [3.8, 4) is 0 Å². The quantitative estimate of drug-likeness (QED) is 0.727. The molecule has 134 valence electrons. The SMILES string of the molecule is CN(C)c1nc([C@@H]2CCN(C(=O)c3ccccc3F)C2)cn2cccc12. The van der Waals surface area contributed by atoms with Crippen LogP contribution in [0.3, 0.4) is 0 Å². The molecule has 0 unspecified atom stereocenters. The summed E-state index contributed by atoms with van der Waals surface area (Å²) in [6.45, 7) is 1.17. The van der Waals surface area contributed by atoms with Gasteiger partial charge in [-0.05, 0) is 30.7 Å². The van der Waals surface area contributed by atoms with Gasteiger partial charge in [-0.25, -0.2) is 9.37 Å². The molecule has 0 saturated carbocycles. The van der Waals surface area contributed by atoms with Crippen molar-refractivity contribution < 1.29 is 9.18 Å². The highest BCUT2D eigenvalue weighted by atomic mass is 19.1. The fraction of sp³-hybridized carbons (Fsp3) is 0.300. The van der Waals surface area contributed by atoms with Gasteiger partial charge in [0.05, 0.1) is 16.8 Å². The van der Waals surface area contributed by atoms with E-state index in [0.29, 0.717) is 13.1 Å². The number of hydrogen-bond acceptors (Lipinski definition) is 3. The number of nitrogens with zero attached hydrogens (tertiary/aromatic N) is 4. The summed E-state index contributed by atoms with van der Waals surface area (Å²) in [6.07, 6.45) is 4.86. The van der Waals surface area contributed by atoms with E-state index in [2.05, 4.69) is 4.40 Å². The molecule has 0 bridgehead atoms. The molecule has 26 heavy (non-hydrogen) atoms. The number of anilines is 1. The van der Waals surface area contributed by atoms with Crippen molar-refractivity contribution in [1.82, 2.24) is 14.3 Å². The molecule has 5 nitrogen and oxygen atoms in total. The number of halogens is 1. The van der Waals surface area contributed by atoms with Crippen LogP contribution < -0.4 is 4.90 Å². The van der Waals surface area contributed by atoms with Crippen molar-refractivity contribution in [2.45, 2.75) is 12.3 Å². The zero-order valence-corrected chi connectivity index (χ0v) is 14.9. The Morgan fingerprint density at radius 1 is 1.23 bits per heavy atom. The van der Waals surface area contributed by atoms with Crippen LogP contribution >= 0.6 is 0 Å². The van der Waals surface area contributed by atoms with Crippen LogP contribution in [0.15, 0.2) is 48.8 Å². The van der Waals surface area contributed by atoms with E-state index in [4.69, 9.17) is 4.98 Å². The second-order valence-corrected chi connectivity index (χ2v) is 6.90. The third-order valence-corrected chi connectivity index (χ3v) is 4.94. The van der Waals surface area contributed by atoms with E-state index in [-0.39, 0.29) is 17.4 Å². The highest BCUT2D eigenvalue weighted by Gasteiger charge is 2.30. The minimum atomic E-state index is -0.470. The molecule has 1 saturated heterocycles. The second-order valence-electron chi connectivity index (χ2n) is 6.90. The van der Waals surface area contributed by atoms with Gasteiger partial charge in [0.1, 0.15) is 5.82 Å². The lowest BCUT2D eigenvalue weighted by atomic mass is 10.1. The maximum Gasteiger partial charge on any atom is 0.256 e. The van der Waals surface area contributed by atoms with E-state index in [0.717, 1.165) is 23.4 Å². The van der Waals surface area contributed by atoms with Gasteiger partial charge in [0.15, 0.2) is 5.82 Å². The van der Waals surface area contributed by atoms with E-state index < -0.39 is 5.82 Å². The predicted octanol–water partition coefficient (Wildman–Crippen LogP) is 3.17. The van der Waals surface area contributed by atoms with Gasteiger partial charge in [0.25, 0.3) is 5.91 Å². The molecule has 4 rings (SSSR count). The Morgan fingerprint density at radius 3 is 2.81 bits per heavy atom. The number of carbonyl (C=O) groups is 1. The van der Waals surface area contributed by atoms with Gasteiger partial charge in [-0.2, -0.15) is 0 Å². The van der Waals surface area contributed by atoms with E-state index in [1.807, 2.05) is 43.5 Å². The Labute approximate surface area is 151 Å². The Morgan fingerprint density at radius 2 is 2.04 bits per heavy atom. The van der Waals surface area contributed by atoms with Crippen LogP contribution in [0.1, 0.15) is 28.4 Å². The molecule has 0 aliphatic carbocycles. The summed E-state index contributed by atoms with van der Waals surface area (Å²) in [5.41, 5.74) is 2.15. The third kappa shape index (κ3) is 2.81. The highest BCUT2D eigenvalue weighted by Crippen LogP contribution is 2.30. The average Bonchev–Trinajstić information content (AvgIpc) is 3.29. The molecule has 3 aromatic rings. The smallest absolute Gasteiger partial charge is 0.256 e. The van der Waals surface area contributed by atoms with Gasteiger partial charge >= 0.3 is 0 Å². The maximum atomic E-state index is 13.9. The molecule has 1 amide bonds. The fourth-order valence-corrected chi connectivity index (χ4v) is 3.56. The summed E-state index contributed by atoms with van der Waals surface area (Å²) >= 11 is 0. The first kappa shape index (κ1) is 16.6. The molecule has 1 fully saturated rings. The molecular formula is C20H21FN4O. The number of rotatable bonds is 3. The first-order valence-electron chi connectivity index (χ1n) is 8.73. The first-order valence-corrected chi connectivity index (χ1v) is 8.73. The van der Waals surface area contributed by atoms with Crippen LogP contribution in [0.5, 0.6) is 0 Å². The molecule has 6 heteroatoms. The van der Waals surface area contributed by atoms with E-state index >= 15 is 0 Å². The van der Waals surface area contributed by atoms with Gasteiger partial charge < -0.3 is 14.2 Å². The normalized spacial score (nSPS) is 17.0. The van der Waals surface area contributed by atoms with Crippen LogP contribution in [0.25, 0.3) is 5.52 Å².